The van der Waals surface area contributed by atoms with Crippen molar-refractivity contribution in [2.45, 2.75) is 13.1 Å². The highest BCUT2D eigenvalue weighted by atomic mass is 16.5. The van der Waals surface area contributed by atoms with Crippen LogP contribution < -0.4 is 0 Å². The third-order valence-electron chi connectivity index (χ3n) is 6.36. The maximum atomic E-state index is 5.85. The van der Waals surface area contributed by atoms with Crippen LogP contribution in [0.3, 0.4) is 0 Å². The Kier molecular flexibility index (Phi) is 8.29. The van der Waals surface area contributed by atoms with Gasteiger partial charge in [0.05, 0.1) is 75.3 Å². The van der Waals surface area contributed by atoms with Crippen molar-refractivity contribution in [2.24, 2.45) is 0 Å². The standard InChI is InChI=1S/C26H34N4O4/c1-2-22-4-6-24-20-30-9-13-33-17-15-31-11-7-29(8-12-32-16-18-34-14-10-30)19-23-5-3-21(1)25(27-23)26(22)28-24/h1-6H,7-20H2. The molecule has 8 heteroatoms. The number of nitrogens with zero attached hydrogens (tertiary/aromatic N) is 4. The van der Waals surface area contributed by atoms with Gasteiger partial charge >= 0.3 is 0 Å². The summed E-state index contributed by atoms with van der Waals surface area (Å²) in [5, 5.41) is 2.23. The Bertz CT molecular complexity index is 975. The molecule has 8 nitrogen and oxygen atoms in total. The van der Waals surface area contributed by atoms with Gasteiger partial charge in [0.15, 0.2) is 0 Å². The number of pyridine rings is 2. The third kappa shape index (κ3) is 6.27. The van der Waals surface area contributed by atoms with Crippen molar-refractivity contribution in [2.75, 3.05) is 79.0 Å². The van der Waals surface area contributed by atoms with Crippen LogP contribution in [0.25, 0.3) is 21.8 Å². The van der Waals surface area contributed by atoms with Crippen LogP contribution in [0.4, 0.5) is 0 Å². The van der Waals surface area contributed by atoms with E-state index in [0.717, 1.165) is 72.5 Å². The second-order valence-electron chi connectivity index (χ2n) is 8.82. The molecule has 6 rings (SSSR count). The van der Waals surface area contributed by atoms with E-state index < -0.39 is 0 Å². The van der Waals surface area contributed by atoms with Crippen molar-refractivity contribution in [1.82, 2.24) is 19.8 Å². The lowest BCUT2D eigenvalue weighted by molar-refractivity contribution is 0.00600. The first-order valence-corrected chi connectivity index (χ1v) is 12.3. The summed E-state index contributed by atoms with van der Waals surface area (Å²) in [6.45, 7) is 9.73. The smallest absolute Gasteiger partial charge is 0.0968 e. The van der Waals surface area contributed by atoms with Crippen LogP contribution in [0, 0.1) is 0 Å². The normalized spacial score (nSPS) is 24.1. The zero-order valence-corrected chi connectivity index (χ0v) is 19.8. The van der Waals surface area contributed by atoms with E-state index in [0.29, 0.717) is 52.9 Å². The number of rotatable bonds is 0. The summed E-state index contributed by atoms with van der Waals surface area (Å²) in [5.74, 6) is 0. The lowest BCUT2D eigenvalue weighted by atomic mass is 10.1. The zero-order chi connectivity index (χ0) is 23.0. The van der Waals surface area contributed by atoms with Gasteiger partial charge in [0, 0.05) is 50.0 Å². The van der Waals surface area contributed by atoms with Crippen molar-refractivity contribution in [3.05, 3.63) is 47.8 Å². The molecule has 2 aromatic heterocycles. The second-order valence-corrected chi connectivity index (χ2v) is 8.82. The molecule has 3 aliphatic rings. The summed E-state index contributed by atoms with van der Waals surface area (Å²) in [6.07, 6.45) is 0. The van der Waals surface area contributed by atoms with Gasteiger partial charge < -0.3 is 18.9 Å². The Labute approximate surface area is 200 Å². The van der Waals surface area contributed by atoms with Crippen LogP contribution in [0.1, 0.15) is 11.4 Å². The molecule has 3 aliphatic heterocycles. The van der Waals surface area contributed by atoms with Gasteiger partial charge in [0.2, 0.25) is 0 Å². The number of ether oxygens (including phenoxy) is 4. The monoisotopic (exact) mass is 466 g/mol. The minimum absolute atomic E-state index is 0.600. The number of hydrogen-bond donors (Lipinski definition) is 0. The van der Waals surface area contributed by atoms with Crippen LogP contribution in [0.15, 0.2) is 36.4 Å². The molecular formula is C26H34N4O4. The van der Waals surface area contributed by atoms with E-state index in [9.17, 15) is 0 Å². The van der Waals surface area contributed by atoms with Gasteiger partial charge in [-0.2, -0.15) is 0 Å². The fraction of sp³-hybridized carbons (Fsp3) is 0.538. The van der Waals surface area contributed by atoms with Crippen molar-refractivity contribution in [1.29, 1.82) is 0 Å². The van der Waals surface area contributed by atoms with Crippen molar-refractivity contribution >= 4 is 21.8 Å². The Morgan fingerprint density at radius 3 is 1.21 bits per heavy atom. The molecule has 1 aromatic carbocycles. The Morgan fingerprint density at radius 1 is 0.471 bits per heavy atom. The predicted molar refractivity (Wildman–Crippen MR) is 131 cm³/mol. The molecule has 0 saturated carbocycles. The van der Waals surface area contributed by atoms with Crippen LogP contribution >= 0.6 is 0 Å². The maximum absolute atomic E-state index is 5.85. The van der Waals surface area contributed by atoms with E-state index in [-0.39, 0.29) is 0 Å². The average molecular weight is 467 g/mol. The number of benzene rings is 1. The highest BCUT2D eigenvalue weighted by Crippen LogP contribution is 2.24. The third-order valence-corrected chi connectivity index (χ3v) is 6.36. The minimum atomic E-state index is 0.600. The molecule has 34 heavy (non-hydrogen) atoms. The van der Waals surface area contributed by atoms with Crippen LogP contribution in [-0.4, -0.2) is 98.8 Å². The van der Waals surface area contributed by atoms with Crippen molar-refractivity contribution in [3.63, 3.8) is 0 Å². The summed E-state index contributed by atoms with van der Waals surface area (Å²) in [6, 6.07) is 12.8. The molecule has 3 aromatic rings. The first kappa shape index (κ1) is 23.5. The van der Waals surface area contributed by atoms with Crippen molar-refractivity contribution < 1.29 is 18.9 Å². The number of hydrogen-bond acceptors (Lipinski definition) is 8. The van der Waals surface area contributed by atoms with Gasteiger partial charge in [-0.25, -0.2) is 9.97 Å². The van der Waals surface area contributed by atoms with E-state index in [4.69, 9.17) is 28.9 Å². The van der Waals surface area contributed by atoms with Crippen LogP contribution in [-0.2, 0) is 32.0 Å². The molecule has 0 radical (unpaired) electrons. The second kappa shape index (κ2) is 12.0. The van der Waals surface area contributed by atoms with Crippen molar-refractivity contribution in [3.8, 4) is 0 Å². The summed E-state index contributed by atoms with van der Waals surface area (Å²) >= 11 is 0. The molecule has 0 unspecified atom stereocenters. The Balaban J connectivity index is 1.53. The van der Waals surface area contributed by atoms with Gasteiger partial charge in [-0.05, 0) is 12.1 Å². The lowest BCUT2D eigenvalue weighted by Gasteiger charge is -2.24. The van der Waals surface area contributed by atoms with E-state index in [1.54, 1.807) is 0 Å². The number of fused-ring (bicyclic) bond motifs is 14. The first-order valence-electron chi connectivity index (χ1n) is 12.3. The van der Waals surface area contributed by atoms with Gasteiger partial charge in [-0.15, -0.1) is 0 Å². The number of aromatic nitrogens is 2. The molecule has 0 spiro atoms. The Morgan fingerprint density at radius 2 is 0.824 bits per heavy atom. The van der Waals surface area contributed by atoms with Crippen LogP contribution in [0.5, 0.6) is 0 Å². The topological polar surface area (TPSA) is 69.2 Å². The molecule has 5 heterocycles. The molecule has 182 valence electrons. The van der Waals surface area contributed by atoms with E-state index in [1.165, 1.54) is 0 Å². The maximum Gasteiger partial charge on any atom is 0.0968 e. The lowest BCUT2D eigenvalue weighted by Crippen LogP contribution is -2.33. The van der Waals surface area contributed by atoms with E-state index in [2.05, 4.69) is 46.2 Å². The summed E-state index contributed by atoms with van der Waals surface area (Å²) in [7, 11) is 0. The Hall–Kier alpha value is -2.20. The van der Waals surface area contributed by atoms with E-state index >= 15 is 0 Å². The molecular weight excluding hydrogens is 432 g/mol. The van der Waals surface area contributed by atoms with Gasteiger partial charge in [0.25, 0.3) is 0 Å². The molecule has 6 bridgehead atoms. The SMILES string of the molecule is c1cc2ccc3ccc4nc3c2nc1CN1CCOCCOCCN(CCOCCOCC1)C4. The summed E-state index contributed by atoms with van der Waals surface area (Å²) in [5.41, 5.74) is 3.99. The molecule has 0 atom stereocenters. The summed E-state index contributed by atoms with van der Waals surface area (Å²) in [4.78, 5) is 14.8. The van der Waals surface area contributed by atoms with Gasteiger partial charge in [-0.3, -0.25) is 9.80 Å². The average Bonchev–Trinajstić information content (AvgIpc) is 2.85. The molecule has 0 N–H and O–H groups in total. The fourth-order valence-electron chi connectivity index (χ4n) is 4.44. The quantitative estimate of drug-likeness (QED) is 0.468. The predicted octanol–water partition coefficient (Wildman–Crippen LogP) is 2.48. The fourth-order valence-corrected chi connectivity index (χ4v) is 4.44. The molecule has 0 aliphatic carbocycles. The zero-order valence-electron chi connectivity index (χ0n) is 19.8. The van der Waals surface area contributed by atoms with Gasteiger partial charge in [-0.1, -0.05) is 24.3 Å². The molecule has 1 fully saturated rings. The van der Waals surface area contributed by atoms with E-state index in [1.807, 2.05) is 0 Å². The van der Waals surface area contributed by atoms with Crippen LogP contribution in [0.2, 0.25) is 0 Å². The molecule has 0 amide bonds. The largest absolute Gasteiger partial charge is 0.378 e. The highest BCUT2D eigenvalue weighted by Gasteiger charge is 2.13. The highest BCUT2D eigenvalue weighted by molar-refractivity contribution is 6.02. The molecule has 1 saturated heterocycles. The summed E-state index contributed by atoms with van der Waals surface area (Å²) < 4.78 is 23.4. The minimum Gasteiger partial charge on any atom is -0.378 e. The first-order chi connectivity index (χ1) is 16.8. The van der Waals surface area contributed by atoms with Gasteiger partial charge in [0.1, 0.15) is 0 Å².